The quantitative estimate of drug-likeness (QED) is 0.408. The Hall–Kier alpha value is 1.49. The third-order valence-electron chi connectivity index (χ3n) is 0. The molecule has 4 heteroatoms. The van der Waals surface area contributed by atoms with E-state index in [1.165, 1.54) is 17.7 Å². The van der Waals surface area contributed by atoms with Gasteiger partial charge in [-0.1, -0.05) is 0 Å². The van der Waals surface area contributed by atoms with Gasteiger partial charge in [0.25, 0.3) is 0 Å². The molecule has 0 atom stereocenters. The van der Waals surface area contributed by atoms with Crippen LogP contribution in [-0.4, -0.2) is 19.9 Å². The average Bonchev–Trinajstić information content (AvgIpc) is 0.722. The molecule has 0 saturated carbocycles. The molecule has 0 spiro atoms. The number of halogens is 3. The van der Waals surface area contributed by atoms with Crippen LogP contribution in [0.3, 0.4) is 0 Å². The standard InChI is InChI=1S/CBr2F.Li/c2-1(3)4;. The molecule has 0 aromatic rings. The van der Waals surface area contributed by atoms with Crippen LogP contribution in [0.4, 0.5) is 4.39 Å². The molecule has 0 nitrogen and oxygen atoms in total. The van der Waals surface area contributed by atoms with Gasteiger partial charge in [0.15, 0.2) is 0 Å². The average molecular weight is 198 g/mol. The molecule has 0 saturated heterocycles. The Bertz CT molecular complexity index is 25.1. The van der Waals surface area contributed by atoms with E-state index in [1.807, 2.05) is 0 Å². The van der Waals surface area contributed by atoms with E-state index < -0.39 is 2.16 Å². The van der Waals surface area contributed by atoms with E-state index >= 15 is 0 Å². The van der Waals surface area contributed by atoms with Crippen molar-refractivity contribution in [3.8, 4) is 0 Å². The van der Waals surface area contributed by atoms with Crippen LogP contribution in [0.25, 0.3) is 0 Å². The third-order valence-corrected chi connectivity index (χ3v) is 0. The summed E-state index contributed by atoms with van der Waals surface area (Å²) in [5.74, 6) is 0. The first kappa shape index (κ1) is 6.49. The van der Waals surface area contributed by atoms with Gasteiger partial charge in [-0.15, -0.1) is 0 Å². The van der Waals surface area contributed by atoms with Crippen LogP contribution in [-0.2, 0) is 0 Å². The van der Waals surface area contributed by atoms with Crippen molar-refractivity contribution in [3.05, 3.63) is 0 Å². The normalized spacial score (nSPS) is 12.2. The number of alkyl halides is 3. The van der Waals surface area contributed by atoms with Gasteiger partial charge >= 0.3 is 56.1 Å². The minimum atomic E-state index is -1.38. The van der Waals surface area contributed by atoms with Crippen molar-refractivity contribution < 1.29 is 4.39 Å². The van der Waals surface area contributed by atoms with E-state index in [9.17, 15) is 4.39 Å². The van der Waals surface area contributed by atoms with Crippen molar-refractivity contribution in [1.82, 2.24) is 0 Å². The van der Waals surface area contributed by atoms with E-state index in [1.54, 1.807) is 0 Å². The zero-order valence-electron chi connectivity index (χ0n) is 2.63. The second-order valence-corrected chi connectivity index (χ2v) is 4.82. The first-order valence-electron chi connectivity index (χ1n) is 1.07. The van der Waals surface area contributed by atoms with Crippen molar-refractivity contribution >= 4 is 49.6 Å². The topological polar surface area (TPSA) is 0 Å². The van der Waals surface area contributed by atoms with Gasteiger partial charge < -0.3 is 0 Å². The Morgan fingerprint density at radius 1 is 1.60 bits per heavy atom. The van der Waals surface area contributed by atoms with E-state index in [0.29, 0.717) is 0 Å². The zero-order chi connectivity index (χ0) is 4.50. The predicted molar refractivity (Wildman–Crippen MR) is 27.4 cm³/mol. The molecule has 5 heavy (non-hydrogen) atoms. The van der Waals surface area contributed by atoms with E-state index in [0.717, 1.165) is 0 Å². The van der Waals surface area contributed by atoms with E-state index in [4.69, 9.17) is 0 Å². The molecule has 0 amide bonds. The molecule has 0 aliphatic carbocycles. The van der Waals surface area contributed by atoms with Crippen LogP contribution in [0.15, 0.2) is 0 Å². The van der Waals surface area contributed by atoms with Crippen LogP contribution in [0, 0.1) is 0 Å². The molecule has 0 unspecified atom stereocenters. The molecular weight excluding hydrogens is 198 g/mol. The maximum atomic E-state index is 11.5. The number of hydrogen-bond acceptors (Lipinski definition) is 0. The maximum absolute atomic E-state index is 11.5. The molecule has 0 bridgehead atoms. The summed E-state index contributed by atoms with van der Waals surface area (Å²) in [5.41, 5.74) is 0. The zero-order valence-corrected chi connectivity index (χ0v) is 5.81. The molecule has 0 aromatic carbocycles. The van der Waals surface area contributed by atoms with Crippen molar-refractivity contribution in [2.75, 3.05) is 0 Å². The van der Waals surface area contributed by atoms with Gasteiger partial charge in [0.1, 0.15) is 0 Å². The third kappa shape index (κ3) is 30.2. The summed E-state index contributed by atoms with van der Waals surface area (Å²) in [4.78, 5) is 0. The first-order chi connectivity index (χ1) is 2.00. The second-order valence-electron chi connectivity index (χ2n) is 0.781. The summed E-state index contributed by atoms with van der Waals surface area (Å²) in [5, 5.41) is 0. The van der Waals surface area contributed by atoms with Crippen LogP contribution in [0.2, 0.25) is 0 Å². The van der Waals surface area contributed by atoms with E-state index in [2.05, 4.69) is 31.9 Å². The van der Waals surface area contributed by atoms with Gasteiger partial charge in [-0.2, -0.15) is 0 Å². The monoisotopic (exact) mass is 196 g/mol. The minimum absolute atomic E-state index is 1.35. The fraction of sp³-hybridized carbons (Fsp3) is 1.00. The molecule has 0 rings (SSSR count). The molecule has 0 N–H and O–H groups in total. The molecular formula is CBr2FLi. The summed E-state index contributed by atoms with van der Waals surface area (Å²) in [6.45, 7) is 0. The Balaban J connectivity index is 3.02. The molecule has 0 heterocycles. The summed E-state index contributed by atoms with van der Waals surface area (Å²) in [7, 11) is 0. The number of rotatable bonds is 0. The molecule has 0 aliphatic rings. The Morgan fingerprint density at radius 3 is 1.60 bits per heavy atom. The second kappa shape index (κ2) is 1.97. The summed E-state index contributed by atoms with van der Waals surface area (Å²) in [6, 6.07) is 0. The Kier molecular flexibility index (Phi) is 2.56. The summed E-state index contributed by atoms with van der Waals surface area (Å²) >= 11 is 6.60. The fourth-order valence-electron chi connectivity index (χ4n) is 0. The van der Waals surface area contributed by atoms with Crippen molar-refractivity contribution in [3.63, 3.8) is 0 Å². The number of hydrogen-bond donors (Lipinski definition) is 0. The van der Waals surface area contributed by atoms with Gasteiger partial charge in [0.2, 0.25) is 0 Å². The predicted octanol–water partition coefficient (Wildman–Crippen LogP) is 1.53. The molecule has 0 fully saturated rings. The Labute approximate surface area is 56.0 Å². The van der Waals surface area contributed by atoms with Crippen LogP contribution < -0.4 is 0 Å². The molecule has 0 radical (unpaired) electrons. The first-order valence-corrected chi connectivity index (χ1v) is 2.65. The van der Waals surface area contributed by atoms with Gasteiger partial charge in [-0.05, 0) is 0 Å². The van der Waals surface area contributed by atoms with Crippen LogP contribution in [0.5, 0.6) is 0 Å². The van der Waals surface area contributed by atoms with Gasteiger partial charge in [-0.25, -0.2) is 0 Å². The van der Waals surface area contributed by atoms with Crippen molar-refractivity contribution in [2.24, 2.45) is 0 Å². The van der Waals surface area contributed by atoms with Gasteiger partial charge in [0, 0.05) is 0 Å². The van der Waals surface area contributed by atoms with Crippen molar-refractivity contribution in [2.45, 2.75) is 2.16 Å². The van der Waals surface area contributed by atoms with Gasteiger partial charge in [-0.3, -0.25) is 0 Å². The fourth-order valence-corrected chi connectivity index (χ4v) is 0. The molecule has 26 valence electrons. The Morgan fingerprint density at radius 2 is 1.60 bits per heavy atom. The van der Waals surface area contributed by atoms with Crippen LogP contribution >= 0.6 is 31.9 Å². The van der Waals surface area contributed by atoms with Crippen molar-refractivity contribution in [1.29, 1.82) is 0 Å². The van der Waals surface area contributed by atoms with Gasteiger partial charge in [0.05, 0.1) is 0 Å². The molecule has 0 aliphatic heterocycles. The molecule has 0 aromatic heterocycles. The van der Waals surface area contributed by atoms with E-state index in [-0.39, 0.29) is 0 Å². The SMILES string of the molecule is [Li][C](F)(Br)Br. The summed E-state index contributed by atoms with van der Waals surface area (Å²) < 4.78 is 10.1. The summed E-state index contributed by atoms with van der Waals surface area (Å²) in [6.07, 6.45) is 0. The van der Waals surface area contributed by atoms with Crippen LogP contribution in [0.1, 0.15) is 0 Å².